The summed E-state index contributed by atoms with van der Waals surface area (Å²) in [5, 5.41) is 18.4. The molecule has 8 heteroatoms. The van der Waals surface area contributed by atoms with Crippen LogP contribution in [0.25, 0.3) is 0 Å². The number of sulfonamides is 1. The van der Waals surface area contributed by atoms with Gasteiger partial charge >= 0.3 is 0 Å². The Kier molecular flexibility index (Phi) is 3.94. The molecule has 0 atom stereocenters. The van der Waals surface area contributed by atoms with Gasteiger partial charge in [-0.05, 0) is 25.1 Å². The highest BCUT2D eigenvalue weighted by atomic mass is 32.2. The van der Waals surface area contributed by atoms with Gasteiger partial charge in [0.05, 0.1) is 10.6 Å². The number of nitrogens with one attached hydrogen (secondary N) is 1. The molecule has 20 heavy (non-hydrogen) atoms. The first-order chi connectivity index (χ1) is 9.49. The lowest BCUT2D eigenvalue weighted by molar-refractivity contribution is -0.669. The third-order valence-corrected chi connectivity index (χ3v) is 3.66. The van der Waals surface area contributed by atoms with Crippen molar-refractivity contribution in [2.24, 2.45) is 5.10 Å². The SMILES string of the molecule is C/C(=N\NS(=O)(=O)c1ccccc1)c1ccc[n+]([O-])n1. The third kappa shape index (κ3) is 3.29. The Morgan fingerprint density at radius 3 is 2.60 bits per heavy atom. The van der Waals surface area contributed by atoms with E-state index in [1.54, 1.807) is 31.2 Å². The molecule has 104 valence electrons. The van der Waals surface area contributed by atoms with Crippen LogP contribution in [0.1, 0.15) is 12.6 Å². The Morgan fingerprint density at radius 1 is 1.25 bits per heavy atom. The van der Waals surface area contributed by atoms with Crippen LogP contribution in [0.2, 0.25) is 0 Å². The van der Waals surface area contributed by atoms with Crippen LogP contribution < -0.4 is 9.68 Å². The van der Waals surface area contributed by atoms with E-state index < -0.39 is 10.0 Å². The number of hydrazone groups is 1. The monoisotopic (exact) mass is 292 g/mol. The first-order valence-corrected chi connectivity index (χ1v) is 7.15. The number of nitrogens with zero attached hydrogens (tertiary/aromatic N) is 3. The van der Waals surface area contributed by atoms with Crippen LogP contribution in [0.5, 0.6) is 0 Å². The molecule has 0 bridgehead atoms. The zero-order chi connectivity index (χ0) is 14.6. The predicted molar refractivity (Wildman–Crippen MR) is 72.2 cm³/mol. The van der Waals surface area contributed by atoms with E-state index in [9.17, 15) is 13.6 Å². The summed E-state index contributed by atoms with van der Waals surface area (Å²) in [6.07, 6.45) is 1.23. The normalized spacial score (nSPS) is 12.2. The van der Waals surface area contributed by atoms with Gasteiger partial charge < -0.3 is 5.21 Å². The van der Waals surface area contributed by atoms with E-state index in [1.807, 2.05) is 0 Å². The molecule has 0 saturated carbocycles. The lowest BCUT2D eigenvalue weighted by Gasteiger charge is -2.04. The van der Waals surface area contributed by atoms with E-state index in [-0.39, 0.29) is 10.6 Å². The van der Waals surface area contributed by atoms with Crippen LogP contribution in [0.3, 0.4) is 0 Å². The summed E-state index contributed by atoms with van der Waals surface area (Å²) in [7, 11) is -3.72. The molecule has 2 aromatic rings. The molecule has 1 aromatic heterocycles. The largest absolute Gasteiger partial charge is 0.594 e. The molecule has 1 N–H and O–H groups in total. The highest BCUT2D eigenvalue weighted by Gasteiger charge is 2.12. The average Bonchev–Trinajstić information content (AvgIpc) is 2.46. The number of rotatable bonds is 4. The minimum atomic E-state index is -3.72. The van der Waals surface area contributed by atoms with Gasteiger partial charge in [-0.1, -0.05) is 23.0 Å². The Bertz CT molecular complexity index is 729. The quantitative estimate of drug-likeness (QED) is 0.382. The lowest BCUT2D eigenvalue weighted by atomic mass is 10.3. The maximum atomic E-state index is 11.9. The Morgan fingerprint density at radius 2 is 1.95 bits per heavy atom. The molecule has 1 heterocycles. The molecule has 0 amide bonds. The second kappa shape index (κ2) is 5.66. The van der Waals surface area contributed by atoms with Gasteiger partial charge in [0.1, 0.15) is 0 Å². The maximum absolute atomic E-state index is 11.9. The zero-order valence-electron chi connectivity index (χ0n) is 10.6. The molecule has 7 nitrogen and oxygen atoms in total. The highest BCUT2D eigenvalue weighted by Crippen LogP contribution is 2.07. The first kappa shape index (κ1) is 13.9. The predicted octanol–water partition coefficient (Wildman–Crippen LogP) is 0.417. The fourth-order valence-electron chi connectivity index (χ4n) is 1.41. The average molecular weight is 292 g/mol. The van der Waals surface area contributed by atoms with Gasteiger partial charge in [0, 0.05) is 11.2 Å². The topological polar surface area (TPSA) is 98.4 Å². The van der Waals surface area contributed by atoms with Gasteiger partial charge in [-0.15, -0.1) is 0 Å². The van der Waals surface area contributed by atoms with Crippen molar-refractivity contribution in [2.45, 2.75) is 11.8 Å². The van der Waals surface area contributed by atoms with Gasteiger partial charge in [0.15, 0.2) is 5.69 Å². The van der Waals surface area contributed by atoms with E-state index in [4.69, 9.17) is 0 Å². The molecule has 0 spiro atoms. The van der Waals surface area contributed by atoms with E-state index in [1.165, 1.54) is 24.4 Å². The van der Waals surface area contributed by atoms with Crippen molar-refractivity contribution in [3.63, 3.8) is 0 Å². The van der Waals surface area contributed by atoms with Crippen molar-refractivity contribution in [1.29, 1.82) is 0 Å². The minimum absolute atomic E-state index is 0.108. The van der Waals surface area contributed by atoms with E-state index in [0.717, 1.165) is 0 Å². The third-order valence-electron chi connectivity index (χ3n) is 2.43. The number of hydrogen-bond acceptors (Lipinski definition) is 5. The Labute approximate surface area is 116 Å². The Hall–Kier alpha value is -2.48. The zero-order valence-corrected chi connectivity index (χ0v) is 11.4. The van der Waals surface area contributed by atoms with Gasteiger partial charge in [-0.25, -0.2) is 0 Å². The molecule has 0 aliphatic carbocycles. The van der Waals surface area contributed by atoms with Crippen LogP contribution >= 0.6 is 0 Å². The summed E-state index contributed by atoms with van der Waals surface area (Å²) in [6, 6.07) is 10.9. The minimum Gasteiger partial charge on any atom is -0.594 e. The Balaban J connectivity index is 2.21. The summed E-state index contributed by atoms with van der Waals surface area (Å²) in [6.45, 7) is 1.55. The van der Waals surface area contributed by atoms with Crippen LogP contribution in [-0.2, 0) is 10.0 Å². The molecule has 0 aliphatic heterocycles. The maximum Gasteiger partial charge on any atom is 0.276 e. The van der Waals surface area contributed by atoms with E-state index in [2.05, 4.69) is 15.0 Å². The number of benzene rings is 1. The van der Waals surface area contributed by atoms with Crippen LogP contribution in [0.4, 0.5) is 0 Å². The summed E-state index contributed by atoms with van der Waals surface area (Å²) in [5.41, 5.74) is 0.577. The molecule has 0 unspecified atom stereocenters. The highest BCUT2D eigenvalue weighted by molar-refractivity contribution is 7.89. The van der Waals surface area contributed by atoms with Gasteiger partial charge in [0.25, 0.3) is 10.0 Å². The molecule has 0 radical (unpaired) electrons. The fraction of sp³-hybridized carbons (Fsp3) is 0.0833. The molecular weight excluding hydrogens is 280 g/mol. The molecule has 0 fully saturated rings. The standard InChI is InChI=1S/C12H12N4O3S/c1-10(12-8-5-9-16(17)14-12)13-15-20(18,19)11-6-3-2-4-7-11/h2-9,15H,1H3/b13-10+. The molecule has 0 saturated heterocycles. The van der Waals surface area contributed by atoms with Crippen LogP contribution in [0.15, 0.2) is 58.7 Å². The number of aromatic nitrogens is 2. The van der Waals surface area contributed by atoms with Crippen molar-refractivity contribution < 1.29 is 13.3 Å². The van der Waals surface area contributed by atoms with Crippen molar-refractivity contribution in [1.82, 2.24) is 9.93 Å². The fourth-order valence-corrected chi connectivity index (χ4v) is 2.29. The van der Waals surface area contributed by atoms with Crippen LogP contribution in [-0.4, -0.2) is 19.2 Å². The summed E-state index contributed by atoms with van der Waals surface area (Å²) in [4.78, 5) is 2.58. The van der Waals surface area contributed by atoms with Crippen molar-refractivity contribution in [3.8, 4) is 0 Å². The molecule has 2 rings (SSSR count). The first-order valence-electron chi connectivity index (χ1n) is 5.67. The van der Waals surface area contributed by atoms with E-state index >= 15 is 0 Å². The summed E-state index contributed by atoms with van der Waals surface area (Å²) in [5.74, 6) is 0. The van der Waals surface area contributed by atoms with Gasteiger partial charge in [-0.3, -0.25) is 0 Å². The number of hydrogen-bond donors (Lipinski definition) is 1. The molecule has 0 aliphatic rings. The molecular formula is C12H12N4O3S. The van der Waals surface area contributed by atoms with Crippen molar-refractivity contribution >= 4 is 15.7 Å². The second-order valence-corrected chi connectivity index (χ2v) is 5.56. The van der Waals surface area contributed by atoms with Crippen molar-refractivity contribution in [2.75, 3.05) is 0 Å². The molecule has 1 aromatic carbocycles. The second-order valence-electron chi connectivity index (χ2n) is 3.90. The van der Waals surface area contributed by atoms with Crippen LogP contribution in [0, 0.1) is 5.21 Å². The van der Waals surface area contributed by atoms with Gasteiger partial charge in [0.2, 0.25) is 6.20 Å². The summed E-state index contributed by atoms with van der Waals surface area (Å²) >= 11 is 0. The lowest BCUT2D eigenvalue weighted by Crippen LogP contribution is -2.32. The van der Waals surface area contributed by atoms with E-state index in [0.29, 0.717) is 10.5 Å². The smallest absolute Gasteiger partial charge is 0.276 e. The van der Waals surface area contributed by atoms with Crippen molar-refractivity contribution in [3.05, 3.63) is 59.6 Å². The summed E-state index contributed by atoms with van der Waals surface area (Å²) < 4.78 is 23.9. The van der Waals surface area contributed by atoms with Gasteiger partial charge in [-0.2, -0.15) is 18.4 Å².